The minimum atomic E-state index is 0.335. The summed E-state index contributed by atoms with van der Waals surface area (Å²) in [6.45, 7) is 15.7. The van der Waals surface area contributed by atoms with Crippen LogP contribution in [0, 0.1) is 5.92 Å². The molecule has 250 valence electrons. The zero-order valence-corrected chi connectivity index (χ0v) is 29.2. The lowest BCUT2D eigenvalue weighted by atomic mass is 10.1. The van der Waals surface area contributed by atoms with E-state index in [9.17, 15) is 4.79 Å². The normalized spacial score (nSPS) is 15.5. The smallest absolute Gasteiger partial charge is 0.236 e. The van der Waals surface area contributed by atoms with Gasteiger partial charge in [-0.2, -0.15) is 0 Å². The Morgan fingerprint density at radius 2 is 1.00 bits per heavy atom. The summed E-state index contributed by atoms with van der Waals surface area (Å²) in [5, 5.41) is 0. The summed E-state index contributed by atoms with van der Waals surface area (Å²) in [6.07, 6.45) is 29.6. The highest BCUT2D eigenvalue weighted by molar-refractivity contribution is 5.78. The Balaban J connectivity index is 2.59. The summed E-state index contributed by atoms with van der Waals surface area (Å²) in [5.74, 6) is 0.845. The van der Waals surface area contributed by atoms with Crippen LogP contribution in [-0.2, 0) is 9.53 Å². The standard InChI is InChI=1S/C37H75N3O2/c1-5-8-11-14-17-20-23-27-38(28-24-21-18-15-12-9-6-2)31-32-39(29-25-22-19-16-13-10-7-3)34-37(41)40-30-26-36(33-40)35-42-4/h36H,5-35H2,1-4H3. The number of unbranched alkanes of at least 4 members (excludes halogenated alkanes) is 18. The molecule has 0 radical (unpaired) electrons. The molecule has 42 heavy (non-hydrogen) atoms. The van der Waals surface area contributed by atoms with E-state index in [4.69, 9.17) is 4.74 Å². The maximum absolute atomic E-state index is 13.3. The van der Waals surface area contributed by atoms with Crippen molar-refractivity contribution in [2.24, 2.45) is 5.92 Å². The van der Waals surface area contributed by atoms with E-state index in [1.165, 1.54) is 148 Å². The zero-order valence-electron chi connectivity index (χ0n) is 29.2. The first kappa shape index (κ1) is 39.4. The maximum Gasteiger partial charge on any atom is 0.236 e. The second-order valence-corrected chi connectivity index (χ2v) is 13.4. The summed E-state index contributed by atoms with van der Waals surface area (Å²) >= 11 is 0. The molecule has 0 aromatic carbocycles. The van der Waals surface area contributed by atoms with Gasteiger partial charge in [0.15, 0.2) is 0 Å². The van der Waals surface area contributed by atoms with Crippen LogP contribution in [0.1, 0.15) is 162 Å². The molecule has 1 atom stereocenters. The van der Waals surface area contributed by atoms with E-state index in [1.807, 2.05) is 0 Å². The van der Waals surface area contributed by atoms with Crippen molar-refractivity contribution in [1.82, 2.24) is 14.7 Å². The fraction of sp³-hybridized carbons (Fsp3) is 0.973. The summed E-state index contributed by atoms with van der Waals surface area (Å²) in [4.78, 5) is 20.7. The third-order valence-electron chi connectivity index (χ3n) is 9.37. The lowest BCUT2D eigenvalue weighted by molar-refractivity contribution is -0.131. The molecule has 1 amide bonds. The topological polar surface area (TPSA) is 36.0 Å². The lowest BCUT2D eigenvalue weighted by Crippen LogP contribution is -2.43. The van der Waals surface area contributed by atoms with Crippen molar-refractivity contribution in [2.75, 3.05) is 66.1 Å². The van der Waals surface area contributed by atoms with Crippen LogP contribution in [0.15, 0.2) is 0 Å². The van der Waals surface area contributed by atoms with Gasteiger partial charge in [-0.15, -0.1) is 0 Å². The number of nitrogens with zero attached hydrogens (tertiary/aromatic N) is 3. The van der Waals surface area contributed by atoms with Crippen molar-refractivity contribution in [2.45, 2.75) is 162 Å². The lowest BCUT2D eigenvalue weighted by Gasteiger charge is -2.29. The molecule has 1 unspecified atom stereocenters. The summed E-state index contributed by atoms with van der Waals surface area (Å²) in [6, 6.07) is 0. The molecular weight excluding hydrogens is 518 g/mol. The predicted octanol–water partition coefficient (Wildman–Crippen LogP) is 9.34. The Bertz CT molecular complexity index is 569. The molecule has 1 saturated heterocycles. The number of amides is 1. The third kappa shape index (κ3) is 21.9. The molecule has 1 fully saturated rings. The van der Waals surface area contributed by atoms with Crippen LogP contribution in [0.2, 0.25) is 0 Å². The SMILES string of the molecule is CCCCCCCCCN(CCCCCCCCC)CCN(CCCCCCCCC)CC(=O)N1CCC(COC)C1. The van der Waals surface area contributed by atoms with Gasteiger partial charge in [0.05, 0.1) is 13.2 Å². The predicted molar refractivity (Wildman–Crippen MR) is 183 cm³/mol. The monoisotopic (exact) mass is 594 g/mol. The van der Waals surface area contributed by atoms with Crippen molar-refractivity contribution in [3.8, 4) is 0 Å². The van der Waals surface area contributed by atoms with Crippen molar-refractivity contribution in [3.05, 3.63) is 0 Å². The second-order valence-electron chi connectivity index (χ2n) is 13.4. The average Bonchev–Trinajstić information content (AvgIpc) is 3.46. The molecule has 0 aromatic heterocycles. The number of carbonyl (C=O) groups is 1. The highest BCUT2D eigenvalue weighted by Crippen LogP contribution is 2.17. The Morgan fingerprint density at radius 1 is 0.595 bits per heavy atom. The van der Waals surface area contributed by atoms with E-state index in [0.29, 0.717) is 18.4 Å². The molecule has 0 saturated carbocycles. The Morgan fingerprint density at radius 3 is 1.45 bits per heavy atom. The van der Waals surface area contributed by atoms with Crippen LogP contribution in [0.4, 0.5) is 0 Å². The largest absolute Gasteiger partial charge is 0.384 e. The molecule has 1 rings (SSSR count). The van der Waals surface area contributed by atoms with Gasteiger partial charge < -0.3 is 14.5 Å². The number of methoxy groups -OCH3 is 1. The highest BCUT2D eigenvalue weighted by Gasteiger charge is 2.27. The molecule has 0 spiro atoms. The minimum Gasteiger partial charge on any atom is -0.384 e. The fourth-order valence-corrected chi connectivity index (χ4v) is 6.49. The van der Waals surface area contributed by atoms with Gasteiger partial charge in [0.25, 0.3) is 0 Å². The van der Waals surface area contributed by atoms with Gasteiger partial charge in [0.1, 0.15) is 0 Å². The maximum atomic E-state index is 13.3. The Kier molecular flexibility index (Phi) is 27.3. The number of hydrogen-bond donors (Lipinski definition) is 0. The summed E-state index contributed by atoms with van der Waals surface area (Å²) in [5.41, 5.74) is 0. The first-order valence-electron chi connectivity index (χ1n) is 18.9. The van der Waals surface area contributed by atoms with E-state index < -0.39 is 0 Å². The first-order chi connectivity index (χ1) is 20.6. The van der Waals surface area contributed by atoms with Gasteiger partial charge >= 0.3 is 0 Å². The van der Waals surface area contributed by atoms with Crippen molar-refractivity contribution in [1.29, 1.82) is 0 Å². The van der Waals surface area contributed by atoms with Gasteiger partial charge in [-0.25, -0.2) is 0 Å². The van der Waals surface area contributed by atoms with Crippen LogP contribution in [-0.4, -0.2) is 86.7 Å². The van der Waals surface area contributed by atoms with E-state index >= 15 is 0 Å². The van der Waals surface area contributed by atoms with E-state index in [-0.39, 0.29) is 0 Å². The molecule has 0 aromatic rings. The fourth-order valence-electron chi connectivity index (χ4n) is 6.49. The van der Waals surface area contributed by atoms with Gasteiger partial charge in [0, 0.05) is 39.2 Å². The molecule has 0 N–H and O–H groups in total. The summed E-state index contributed by atoms with van der Waals surface area (Å²) < 4.78 is 5.38. The molecule has 5 heteroatoms. The van der Waals surface area contributed by atoms with Crippen LogP contribution in [0.25, 0.3) is 0 Å². The highest BCUT2D eigenvalue weighted by atomic mass is 16.5. The van der Waals surface area contributed by atoms with Crippen molar-refractivity contribution in [3.63, 3.8) is 0 Å². The number of hydrogen-bond acceptors (Lipinski definition) is 4. The van der Waals surface area contributed by atoms with Crippen molar-refractivity contribution < 1.29 is 9.53 Å². The van der Waals surface area contributed by atoms with E-state index in [1.54, 1.807) is 7.11 Å². The Labute approximate surface area is 263 Å². The van der Waals surface area contributed by atoms with Crippen LogP contribution >= 0.6 is 0 Å². The average molecular weight is 594 g/mol. The molecule has 1 aliphatic heterocycles. The molecule has 1 aliphatic rings. The van der Waals surface area contributed by atoms with Gasteiger partial charge in [-0.05, 0) is 45.3 Å². The third-order valence-corrected chi connectivity index (χ3v) is 9.37. The van der Waals surface area contributed by atoms with E-state index in [0.717, 1.165) is 45.8 Å². The van der Waals surface area contributed by atoms with E-state index in [2.05, 4.69) is 35.5 Å². The van der Waals surface area contributed by atoms with Crippen LogP contribution in [0.3, 0.4) is 0 Å². The Hall–Kier alpha value is -0.650. The molecular formula is C37H75N3O2. The first-order valence-corrected chi connectivity index (χ1v) is 18.9. The van der Waals surface area contributed by atoms with Gasteiger partial charge in [0.2, 0.25) is 5.91 Å². The quantitative estimate of drug-likeness (QED) is 0.0750. The number of carbonyl (C=O) groups excluding carboxylic acids is 1. The summed E-state index contributed by atoms with van der Waals surface area (Å²) in [7, 11) is 1.78. The molecule has 0 bridgehead atoms. The molecule has 0 aliphatic carbocycles. The zero-order chi connectivity index (χ0) is 30.5. The van der Waals surface area contributed by atoms with Crippen LogP contribution < -0.4 is 0 Å². The van der Waals surface area contributed by atoms with Gasteiger partial charge in [-0.3, -0.25) is 9.69 Å². The number of likely N-dealkylation sites (tertiary alicyclic amines) is 1. The van der Waals surface area contributed by atoms with Crippen LogP contribution in [0.5, 0.6) is 0 Å². The molecule has 5 nitrogen and oxygen atoms in total. The number of ether oxygens (including phenoxy) is 1. The number of rotatable bonds is 31. The molecule has 1 heterocycles. The van der Waals surface area contributed by atoms with Crippen molar-refractivity contribution >= 4 is 5.91 Å². The minimum absolute atomic E-state index is 0.335. The van der Waals surface area contributed by atoms with Gasteiger partial charge in [-0.1, -0.05) is 136 Å². The second kappa shape index (κ2) is 29.1.